The van der Waals surface area contributed by atoms with Gasteiger partial charge in [0.15, 0.2) is 5.82 Å². The second-order valence-electron chi connectivity index (χ2n) is 6.51. The molecule has 0 aliphatic heterocycles. The van der Waals surface area contributed by atoms with Gasteiger partial charge in [0.25, 0.3) is 0 Å². The minimum atomic E-state index is -0.400. The van der Waals surface area contributed by atoms with Crippen molar-refractivity contribution in [2.24, 2.45) is 11.7 Å². The van der Waals surface area contributed by atoms with Crippen molar-refractivity contribution in [3.8, 4) is 0 Å². The van der Waals surface area contributed by atoms with Gasteiger partial charge in [0, 0.05) is 5.41 Å². The summed E-state index contributed by atoms with van der Waals surface area (Å²) in [5.74, 6) is 2.13. The van der Waals surface area contributed by atoms with Crippen molar-refractivity contribution in [3.63, 3.8) is 0 Å². The summed E-state index contributed by atoms with van der Waals surface area (Å²) in [7, 11) is 0. The van der Waals surface area contributed by atoms with Crippen LogP contribution in [-0.2, 0) is 11.0 Å². The van der Waals surface area contributed by atoms with Crippen LogP contribution in [0.3, 0.4) is 0 Å². The summed E-state index contributed by atoms with van der Waals surface area (Å²) in [6, 6.07) is 0. The first kappa shape index (κ1) is 12.6. The van der Waals surface area contributed by atoms with Crippen LogP contribution in [0.1, 0.15) is 65.1 Å². The van der Waals surface area contributed by atoms with Crippen LogP contribution in [0.15, 0.2) is 4.52 Å². The van der Waals surface area contributed by atoms with Crippen molar-refractivity contribution in [2.75, 3.05) is 0 Å². The second kappa shape index (κ2) is 4.09. The highest BCUT2D eigenvalue weighted by atomic mass is 16.5. The third kappa shape index (κ3) is 2.51. The largest absolute Gasteiger partial charge is 0.337 e. The minimum absolute atomic E-state index is 0.0833. The van der Waals surface area contributed by atoms with Crippen molar-refractivity contribution in [1.82, 2.24) is 10.1 Å². The highest BCUT2D eigenvalue weighted by Crippen LogP contribution is 2.37. The Bertz CT molecular complexity index is 384. The lowest BCUT2D eigenvalue weighted by Crippen LogP contribution is -2.40. The lowest BCUT2D eigenvalue weighted by atomic mass is 9.77. The summed E-state index contributed by atoms with van der Waals surface area (Å²) in [4.78, 5) is 4.50. The third-order valence-electron chi connectivity index (χ3n) is 3.69. The molecule has 2 N–H and O–H groups in total. The van der Waals surface area contributed by atoms with E-state index in [1.165, 1.54) is 0 Å². The maximum atomic E-state index is 6.40. The van der Waals surface area contributed by atoms with Gasteiger partial charge in [0.1, 0.15) is 0 Å². The Balaban J connectivity index is 2.20. The Labute approximate surface area is 103 Å². The maximum absolute atomic E-state index is 6.40. The number of nitrogens with zero attached hydrogens (tertiary/aromatic N) is 2. The topological polar surface area (TPSA) is 64.9 Å². The molecule has 17 heavy (non-hydrogen) atoms. The van der Waals surface area contributed by atoms with E-state index < -0.39 is 5.54 Å². The minimum Gasteiger partial charge on any atom is -0.337 e. The van der Waals surface area contributed by atoms with Gasteiger partial charge in [0.2, 0.25) is 5.89 Å². The van der Waals surface area contributed by atoms with Crippen LogP contribution in [0.4, 0.5) is 0 Å². The van der Waals surface area contributed by atoms with Crippen molar-refractivity contribution < 1.29 is 4.52 Å². The third-order valence-corrected chi connectivity index (χ3v) is 3.69. The predicted octanol–water partition coefficient (Wildman–Crippen LogP) is 2.73. The van der Waals surface area contributed by atoms with Gasteiger partial charge in [-0.1, -0.05) is 32.9 Å². The average Bonchev–Trinajstić information content (AvgIpc) is 2.72. The molecule has 1 saturated carbocycles. The molecule has 96 valence electrons. The van der Waals surface area contributed by atoms with Gasteiger partial charge >= 0.3 is 0 Å². The molecule has 0 atom stereocenters. The van der Waals surface area contributed by atoms with E-state index in [1.807, 2.05) is 0 Å². The number of hydrogen-bond donors (Lipinski definition) is 1. The Morgan fingerprint density at radius 1 is 1.29 bits per heavy atom. The molecule has 1 fully saturated rings. The van der Waals surface area contributed by atoms with Crippen molar-refractivity contribution in [3.05, 3.63) is 11.7 Å². The van der Waals surface area contributed by atoms with Crippen molar-refractivity contribution in [1.29, 1.82) is 0 Å². The molecule has 1 aliphatic carbocycles. The summed E-state index contributed by atoms with van der Waals surface area (Å²) in [5, 5.41) is 4.06. The molecule has 0 spiro atoms. The van der Waals surface area contributed by atoms with Crippen LogP contribution in [0.25, 0.3) is 0 Å². The molecule has 0 radical (unpaired) electrons. The number of nitrogens with two attached hydrogens (primary N) is 1. The molecule has 4 nitrogen and oxygen atoms in total. The smallest absolute Gasteiger partial charge is 0.246 e. The van der Waals surface area contributed by atoms with E-state index in [2.05, 4.69) is 37.8 Å². The number of rotatable bonds is 1. The molecule has 1 aromatic rings. The first-order valence-electron chi connectivity index (χ1n) is 6.45. The fourth-order valence-corrected chi connectivity index (χ4v) is 2.22. The highest BCUT2D eigenvalue weighted by molar-refractivity contribution is 5.08. The van der Waals surface area contributed by atoms with Crippen LogP contribution in [-0.4, -0.2) is 10.1 Å². The number of hydrogen-bond acceptors (Lipinski definition) is 4. The fourth-order valence-electron chi connectivity index (χ4n) is 2.22. The molecule has 4 heteroatoms. The SMILES string of the molecule is CC1CCC(N)(c2nc(C(C)(C)C)no2)CC1. The predicted molar refractivity (Wildman–Crippen MR) is 66.5 cm³/mol. The first-order chi connectivity index (χ1) is 7.81. The van der Waals surface area contributed by atoms with Gasteiger partial charge < -0.3 is 10.3 Å². The molecule has 0 bridgehead atoms. The highest BCUT2D eigenvalue weighted by Gasteiger charge is 2.38. The lowest BCUT2D eigenvalue weighted by molar-refractivity contribution is 0.190. The Morgan fingerprint density at radius 3 is 2.35 bits per heavy atom. The van der Waals surface area contributed by atoms with Crippen LogP contribution in [0, 0.1) is 5.92 Å². The van der Waals surface area contributed by atoms with E-state index >= 15 is 0 Å². The molecular formula is C13H23N3O. The average molecular weight is 237 g/mol. The van der Waals surface area contributed by atoms with Gasteiger partial charge in [-0.3, -0.25) is 0 Å². The molecule has 1 aliphatic rings. The van der Waals surface area contributed by atoms with Crippen LogP contribution >= 0.6 is 0 Å². The summed E-state index contributed by atoms with van der Waals surface area (Å²) in [6.07, 6.45) is 4.17. The van der Waals surface area contributed by atoms with E-state index in [0.717, 1.165) is 37.4 Å². The Morgan fingerprint density at radius 2 is 1.88 bits per heavy atom. The number of aromatic nitrogens is 2. The van der Waals surface area contributed by atoms with E-state index in [-0.39, 0.29) is 5.41 Å². The lowest BCUT2D eigenvalue weighted by Gasteiger charge is -2.32. The van der Waals surface area contributed by atoms with Gasteiger partial charge in [-0.15, -0.1) is 0 Å². The van der Waals surface area contributed by atoms with E-state index in [4.69, 9.17) is 10.3 Å². The Hall–Kier alpha value is -0.900. The van der Waals surface area contributed by atoms with Gasteiger partial charge in [0.05, 0.1) is 5.54 Å². The normalized spacial score (nSPS) is 30.5. The fraction of sp³-hybridized carbons (Fsp3) is 0.846. The summed E-state index contributed by atoms with van der Waals surface area (Å²) in [5.41, 5.74) is 5.92. The molecule has 0 aromatic carbocycles. The standard InChI is InChI=1S/C13H23N3O/c1-9-5-7-13(14,8-6-9)11-15-10(16-17-11)12(2,3)4/h9H,5-8,14H2,1-4H3. The van der Waals surface area contributed by atoms with Crippen molar-refractivity contribution >= 4 is 0 Å². The van der Waals surface area contributed by atoms with Crippen molar-refractivity contribution in [2.45, 2.75) is 64.3 Å². The summed E-state index contributed by atoms with van der Waals surface area (Å²) < 4.78 is 5.38. The zero-order valence-corrected chi connectivity index (χ0v) is 11.3. The zero-order chi connectivity index (χ0) is 12.7. The monoisotopic (exact) mass is 237 g/mol. The van der Waals surface area contributed by atoms with Gasteiger partial charge in [-0.05, 0) is 31.6 Å². The quantitative estimate of drug-likeness (QED) is 0.815. The molecule has 0 amide bonds. The second-order valence-corrected chi connectivity index (χ2v) is 6.51. The van der Waals surface area contributed by atoms with E-state index in [1.54, 1.807) is 0 Å². The van der Waals surface area contributed by atoms with Gasteiger partial charge in [-0.2, -0.15) is 4.98 Å². The summed E-state index contributed by atoms with van der Waals surface area (Å²) in [6.45, 7) is 8.50. The maximum Gasteiger partial charge on any atom is 0.246 e. The molecule has 0 saturated heterocycles. The zero-order valence-electron chi connectivity index (χ0n) is 11.3. The van der Waals surface area contributed by atoms with Crippen LogP contribution in [0.5, 0.6) is 0 Å². The Kier molecular flexibility index (Phi) is 3.02. The van der Waals surface area contributed by atoms with Crippen LogP contribution in [0.2, 0.25) is 0 Å². The first-order valence-corrected chi connectivity index (χ1v) is 6.45. The molecule has 0 unspecified atom stereocenters. The molecule has 1 aromatic heterocycles. The summed E-state index contributed by atoms with van der Waals surface area (Å²) >= 11 is 0. The van der Waals surface area contributed by atoms with E-state index in [0.29, 0.717) is 5.89 Å². The van der Waals surface area contributed by atoms with E-state index in [9.17, 15) is 0 Å². The molecular weight excluding hydrogens is 214 g/mol. The van der Waals surface area contributed by atoms with Gasteiger partial charge in [-0.25, -0.2) is 0 Å². The molecule has 2 rings (SSSR count). The molecule has 1 heterocycles. The van der Waals surface area contributed by atoms with Crippen LogP contribution < -0.4 is 5.73 Å².